The van der Waals surface area contributed by atoms with Gasteiger partial charge in [0.15, 0.2) is 17.5 Å². The monoisotopic (exact) mass is 395 g/mol. The Kier molecular flexibility index (Phi) is 5.13. The van der Waals surface area contributed by atoms with Crippen LogP contribution in [0.25, 0.3) is 0 Å². The summed E-state index contributed by atoms with van der Waals surface area (Å²) in [6.07, 6.45) is 0.0328. The lowest BCUT2D eigenvalue weighted by atomic mass is 9.84. The maximum atomic E-state index is 12.7. The highest BCUT2D eigenvalue weighted by Gasteiger charge is 2.41. The normalized spacial score (nSPS) is 20.3. The minimum absolute atomic E-state index is 0.00253. The Morgan fingerprint density at radius 1 is 0.960 bits per heavy atom. The number of amides is 1. The molecule has 0 aromatic heterocycles. The van der Waals surface area contributed by atoms with Crippen molar-refractivity contribution in [1.29, 1.82) is 0 Å². The maximum Gasteiger partial charge on any atom is 0.239 e. The Balaban J connectivity index is 1.87. The number of halogens is 3. The summed E-state index contributed by atoms with van der Waals surface area (Å²) in [6, 6.07) is 11.3. The van der Waals surface area contributed by atoms with Crippen LogP contribution in [0.4, 0.5) is 0 Å². The van der Waals surface area contributed by atoms with E-state index in [-0.39, 0.29) is 27.1 Å². The van der Waals surface area contributed by atoms with Crippen LogP contribution in [0.1, 0.15) is 28.4 Å². The van der Waals surface area contributed by atoms with Crippen molar-refractivity contribution in [2.75, 3.05) is 0 Å². The molecule has 0 bridgehead atoms. The van der Waals surface area contributed by atoms with Gasteiger partial charge in [0.05, 0.1) is 21.1 Å². The van der Waals surface area contributed by atoms with E-state index in [0.29, 0.717) is 0 Å². The Morgan fingerprint density at radius 3 is 2.24 bits per heavy atom. The molecular formula is C18H12Cl3NO3. The summed E-state index contributed by atoms with van der Waals surface area (Å²) >= 11 is 17.8. The summed E-state index contributed by atoms with van der Waals surface area (Å²) in [6.45, 7) is 0. The summed E-state index contributed by atoms with van der Waals surface area (Å²) in [5.74, 6) is -3.21. The van der Waals surface area contributed by atoms with E-state index in [1.54, 1.807) is 0 Å². The number of hydrogen-bond donors (Lipinski definition) is 1. The van der Waals surface area contributed by atoms with E-state index in [1.807, 2.05) is 30.3 Å². The molecule has 0 radical (unpaired) electrons. The van der Waals surface area contributed by atoms with Gasteiger partial charge in [0, 0.05) is 12.0 Å². The molecule has 2 aromatic carbocycles. The van der Waals surface area contributed by atoms with Crippen molar-refractivity contribution in [3.8, 4) is 0 Å². The topological polar surface area (TPSA) is 63.2 Å². The van der Waals surface area contributed by atoms with Gasteiger partial charge in [-0.25, -0.2) is 0 Å². The lowest BCUT2D eigenvalue weighted by Crippen LogP contribution is -2.48. The molecule has 4 nitrogen and oxygen atoms in total. The van der Waals surface area contributed by atoms with Crippen LogP contribution in [0.5, 0.6) is 0 Å². The predicted octanol–water partition coefficient (Wildman–Crippen LogP) is 4.28. The van der Waals surface area contributed by atoms with Crippen LogP contribution in [0, 0.1) is 5.92 Å². The first kappa shape index (κ1) is 17.9. The highest BCUT2D eigenvalue weighted by molar-refractivity contribution is 6.44. The summed E-state index contributed by atoms with van der Waals surface area (Å²) in [5.41, 5.74) is 0.811. The van der Waals surface area contributed by atoms with Crippen LogP contribution in [0.15, 0.2) is 42.5 Å². The van der Waals surface area contributed by atoms with E-state index < -0.39 is 29.4 Å². The molecule has 2 aromatic rings. The number of carbonyl (C=O) groups excluding carboxylic acids is 3. The van der Waals surface area contributed by atoms with Crippen LogP contribution in [0.3, 0.4) is 0 Å². The third kappa shape index (κ3) is 3.56. The number of benzene rings is 2. The molecule has 1 aliphatic heterocycles. The van der Waals surface area contributed by atoms with Crippen LogP contribution in [-0.2, 0) is 9.59 Å². The third-order valence-corrected chi connectivity index (χ3v) is 5.08. The number of rotatable bonds is 3. The van der Waals surface area contributed by atoms with Crippen molar-refractivity contribution in [3.63, 3.8) is 0 Å². The van der Waals surface area contributed by atoms with Crippen LogP contribution in [-0.4, -0.2) is 17.5 Å². The quantitative estimate of drug-likeness (QED) is 0.478. The molecule has 1 amide bonds. The first-order valence-corrected chi connectivity index (χ1v) is 8.58. The van der Waals surface area contributed by atoms with Crippen LogP contribution < -0.4 is 5.32 Å². The highest BCUT2D eigenvalue weighted by Crippen LogP contribution is 2.32. The molecular weight excluding hydrogens is 385 g/mol. The van der Waals surface area contributed by atoms with Crippen LogP contribution in [0.2, 0.25) is 15.1 Å². The zero-order valence-corrected chi connectivity index (χ0v) is 15.0. The Labute approximate surface area is 159 Å². The molecule has 2 unspecified atom stereocenters. The van der Waals surface area contributed by atoms with E-state index in [0.717, 1.165) is 5.56 Å². The van der Waals surface area contributed by atoms with Gasteiger partial charge in [0.2, 0.25) is 5.91 Å². The minimum Gasteiger partial charge on any atom is -0.348 e. The van der Waals surface area contributed by atoms with Crippen molar-refractivity contribution in [2.45, 2.75) is 12.5 Å². The molecule has 3 rings (SSSR count). The van der Waals surface area contributed by atoms with Gasteiger partial charge in [-0.3, -0.25) is 14.4 Å². The molecule has 1 fully saturated rings. The lowest BCUT2D eigenvalue weighted by Gasteiger charge is -2.28. The number of ketones is 2. The molecule has 1 aliphatic rings. The van der Waals surface area contributed by atoms with Gasteiger partial charge in [0.25, 0.3) is 0 Å². The summed E-state index contributed by atoms with van der Waals surface area (Å²) in [7, 11) is 0. The average molecular weight is 397 g/mol. The van der Waals surface area contributed by atoms with Crippen molar-refractivity contribution >= 4 is 52.3 Å². The fourth-order valence-corrected chi connectivity index (χ4v) is 3.43. The van der Waals surface area contributed by atoms with Gasteiger partial charge in [-0.1, -0.05) is 65.1 Å². The van der Waals surface area contributed by atoms with E-state index >= 15 is 0 Å². The van der Waals surface area contributed by atoms with E-state index in [4.69, 9.17) is 34.8 Å². The fraction of sp³-hybridized carbons (Fsp3) is 0.167. The molecule has 0 aliphatic carbocycles. The summed E-state index contributed by atoms with van der Waals surface area (Å²) in [5, 5.41) is 3.09. The van der Waals surface area contributed by atoms with Gasteiger partial charge in [-0.15, -0.1) is 0 Å². The molecule has 2 atom stereocenters. The number of carbonyl (C=O) groups is 3. The average Bonchev–Trinajstić information content (AvgIpc) is 2.58. The molecule has 0 spiro atoms. The smallest absolute Gasteiger partial charge is 0.239 e. The highest BCUT2D eigenvalue weighted by atomic mass is 35.5. The first-order valence-electron chi connectivity index (χ1n) is 7.45. The second kappa shape index (κ2) is 7.16. The lowest BCUT2D eigenvalue weighted by molar-refractivity contribution is -0.136. The van der Waals surface area contributed by atoms with Gasteiger partial charge < -0.3 is 5.32 Å². The standard InChI is InChI=1S/C18H12Cl3NO3/c19-11-7-13(21)12(20)6-10(11)17(24)16-15(23)8-14(22-18(16)25)9-4-2-1-3-5-9/h1-7,14,16H,8H2,(H,22,25). The molecule has 25 heavy (non-hydrogen) atoms. The largest absolute Gasteiger partial charge is 0.348 e. The minimum atomic E-state index is -1.44. The van der Waals surface area contributed by atoms with Gasteiger partial charge in [0.1, 0.15) is 0 Å². The summed E-state index contributed by atoms with van der Waals surface area (Å²) < 4.78 is 0. The Hall–Kier alpha value is -1.88. The second-order valence-electron chi connectivity index (χ2n) is 5.69. The molecule has 1 saturated heterocycles. The zero-order chi connectivity index (χ0) is 18.1. The molecule has 7 heteroatoms. The number of nitrogens with one attached hydrogen (secondary N) is 1. The number of hydrogen-bond acceptors (Lipinski definition) is 3. The van der Waals surface area contributed by atoms with Crippen molar-refractivity contribution < 1.29 is 14.4 Å². The fourth-order valence-electron chi connectivity index (χ4n) is 2.79. The Morgan fingerprint density at radius 2 is 1.60 bits per heavy atom. The number of piperidine rings is 1. The van der Waals surface area contributed by atoms with E-state index in [9.17, 15) is 14.4 Å². The van der Waals surface area contributed by atoms with Crippen molar-refractivity contribution in [2.24, 2.45) is 5.92 Å². The summed E-state index contributed by atoms with van der Waals surface area (Å²) in [4.78, 5) is 37.6. The predicted molar refractivity (Wildman–Crippen MR) is 96.2 cm³/mol. The second-order valence-corrected chi connectivity index (χ2v) is 6.91. The van der Waals surface area contributed by atoms with E-state index in [2.05, 4.69) is 5.32 Å². The van der Waals surface area contributed by atoms with E-state index in [1.165, 1.54) is 12.1 Å². The van der Waals surface area contributed by atoms with Crippen LogP contribution >= 0.6 is 34.8 Å². The molecule has 1 N–H and O–H groups in total. The maximum absolute atomic E-state index is 12.7. The number of Topliss-reactive ketones (excluding diaryl/α,β-unsaturated/α-hetero) is 2. The molecule has 0 saturated carbocycles. The SMILES string of the molecule is O=C1CC(c2ccccc2)NC(=O)C1C(=O)c1cc(Cl)c(Cl)cc1Cl. The third-order valence-electron chi connectivity index (χ3n) is 4.05. The first-order chi connectivity index (χ1) is 11.9. The molecule has 128 valence electrons. The molecule has 1 heterocycles. The van der Waals surface area contributed by atoms with Crippen molar-refractivity contribution in [1.82, 2.24) is 5.32 Å². The van der Waals surface area contributed by atoms with Gasteiger partial charge in [-0.2, -0.15) is 0 Å². The van der Waals surface area contributed by atoms with Crippen molar-refractivity contribution in [3.05, 3.63) is 68.7 Å². The van der Waals surface area contributed by atoms with Gasteiger partial charge in [-0.05, 0) is 17.7 Å². The Bertz CT molecular complexity index is 849. The van der Waals surface area contributed by atoms with Gasteiger partial charge >= 0.3 is 0 Å². The zero-order valence-electron chi connectivity index (χ0n) is 12.8.